The molecule has 3 aliphatic rings. The van der Waals surface area contributed by atoms with Crippen LogP contribution in [-0.4, -0.2) is 29.7 Å². The standard InChI is InChI=1S/C22H19N3O5/c26-16(27)11-10-15-17-18(20(29)25(19(17)28)12-6-2-1-3-7-12)22(24-15)13-8-4-5-9-14(13)23-21(22)30/h1-9,15,17-18,24H,10-11H2,(H,23,30)(H,26,27)/t15-,17+,18-,22-/m0/s1. The number of nitrogens with two attached hydrogens (primary N) is 1. The Kier molecular flexibility index (Phi) is 4.01. The number of carbonyl (C=O) groups excluding carboxylic acids is 4. The Labute approximate surface area is 171 Å². The first kappa shape index (κ1) is 18.5. The number of carbonyl (C=O) groups is 4. The van der Waals surface area contributed by atoms with Crippen molar-refractivity contribution in [1.82, 2.24) is 0 Å². The van der Waals surface area contributed by atoms with E-state index in [1.54, 1.807) is 59.9 Å². The monoisotopic (exact) mass is 405 g/mol. The van der Waals surface area contributed by atoms with E-state index < -0.39 is 41.2 Å². The van der Waals surface area contributed by atoms with E-state index in [-0.39, 0.29) is 18.7 Å². The summed E-state index contributed by atoms with van der Waals surface area (Å²) in [5.41, 5.74) is 0.407. The highest BCUT2D eigenvalue weighted by Crippen LogP contribution is 2.50. The molecule has 8 heteroatoms. The van der Waals surface area contributed by atoms with Gasteiger partial charge in [0.25, 0.3) is 5.91 Å². The SMILES string of the molecule is O=C([O-])CC[C@@H]1[NH2+][C@]2(C(=O)Nc3ccccc32)[C@@H]2C(=O)N(c3ccccc3)C(=O)[C@H]12. The lowest BCUT2D eigenvalue weighted by Crippen LogP contribution is -2.99. The molecular formula is C22H19N3O5. The van der Waals surface area contributed by atoms with Gasteiger partial charge in [0.1, 0.15) is 17.9 Å². The summed E-state index contributed by atoms with van der Waals surface area (Å²) in [6.07, 6.45) is -0.126. The second kappa shape index (κ2) is 6.50. The predicted molar refractivity (Wildman–Crippen MR) is 103 cm³/mol. The fourth-order valence-electron chi connectivity index (χ4n) is 5.30. The quantitative estimate of drug-likeness (QED) is 0.639. The van der Waals surface area contributed by atoms with E-state index in [1.165, 1.54) is 0 Å². The number of carboxylic acid groups (broad SMARTS) is 1. The van der Waals surface area contributed by atoms with Crippen LogP contribution in [0, 0.1) is 11.8 Å². The van der Waals surface area contributed by atoms with Gasteiger partial charge in [-0.3, -0.25) is 14.4 Å². The summed E-state index contributed by atoms with van der Waals surface area (Å²) < 4.78 is 0. The van der Waals surface area contributed by atoms with Gasteiger partial charge < -0.3 is 20.5 Å². The van der Waals surface area contributed by atoms with E-state index in [1.807, 2.05) is 0 Å². The van der Waals surface area contributed by atoms with Gasteiger partial charge >= 0.3 is 0 Å². The first-order chi connectivity index (χ1) is 14.4. The molecule has 30 heavy (non-hydrogen) atoms. The zero-order chi connectivity index (χ0) is 21.0. The summed E-state index contributed by atoms with van der Waals surface area (Å²) in [5.74, 6) is -4.13. The van der Waals surface area contributed by atoms with E-state index in [0.717, 1.165) is 4.90 Å². The topological polar surface area (TPSA) is 123 Å². The van der Waals surface area contributed by atoms with Crippen molar-refractivity contribution in [3.8, 4) is 0 Å². The van der Waals surface area contributed by atoms with Gasteiger partial charge in [-0.25, -0.2) is 4.90 Å². The van der Waals surface area contributed by atoms with Crippen molar-refractivity contribution in [2.45, 2.75) is 24.4 Å². The van der Waals surface area contributed by atoms with Gasteiger partial charge in [-0.2, -0.15) is 0 Å². The van der Waals surface area contributed by atoms with Crippen LogP contribution in [0.25, 0.3) is 0 Å². The Bertz CT molecular complexity index is 1090. The Balaban J connectivity index is 1.65. The first-order valence-corrected chi connectivity index (χ1v) is 9.85. The van der Waals surface area contributed by atoms with Crippen molar-refractivity contribution in [2.24, 2.45) is 11.8 Å². The largest absolute Gasteiger partial charge is 0.550 e. The van der Waals surface area contributed by atoms with E-state index in [9.17, 15) is 24.3 Å². The number of rotatable bonds is 4. The summed E-state index contributed by atoms with van der Waals surface area (Å²) in [6.45, 7) is 0. The lowest BCUT2D eigenvalue weighted by Gasteiger charge is -2.26. The number of hydrogen-bond acceptors (Lipinski definition) is 5. The maximum absolute atomic E-state index is 13.6. The average Bonchev–Trinajstić information content (AvgIpc) is 3.32. The van der Waals surface area contributed by atoms with Gasteiger partial charge in [0, 0.05) is 18.0 Å². The van der Waals surface area contributed by atoms with Gasteiger partial charge in [0.05, 0.1) is 11.4 Å². The molecule has 2 aromatic rings. The molecule has 2 aromatic carbocycles. The minimum atomic E-state index is -1.30. The number of imide groups is 1. The molecule has 3 amide bonds. The lowest BCUT2D eigenvalue weighted by molar-refractivity contribution is -0.733. The van der Waals surface area contributed by atoms with E-state index in [0.29, 0.717) is 16.9 Å². The van der Waals surface area contributed by atoms with Crippen LogP contribution in [0.2, 0.25) is 0 Å². The lowest BCUT2D eigenvalue weighted by atomic mass is 9.76. The van der Waals surface area contributed by atoms with Crippen LogP contribution in [0.1, 0.15) is 18.4 Å². The molecule has 0 aliphatic carbocycles. The highest BCUT2D eigenvalue weighted by molar-refractivity contribution is 6.25. The van der Waals surface area contributed by atoms with Gasteiger partial charge in [-0.1, -0.05) is 36.4 Å². The van der Waals surface area contributed by atoms with Crippen molar-refractivity contribution in [3.05, 3.63) is 60.2 Å². The van der Waals surface area contributed by atoms with Crippen molar-refractivity contribution in [2.75, 3.05) is 10.2 Å². The number of nitrogens with one attached hydrogen (secondary N) is 1. The molecule has 3 heterocycles. The van der Waals surface area contributed by atoms with E-state index >= 15 is 0 Å². The minimum Gasteiger partial charge on any atom is -0.550 e. The maximum atomic E-state index is 13.6. The second-order valence-electron chi connectivity index (χ2n) is 7.96. The molecular weight excluding hydrogens is 386 g/mol. The number of amides is 3. The summed E-state index contributed by atoms with van der Waals surface area (Å²) >= 11 is 0. The van der Waals surface area contributed by atoms with Crippen molar-refractivity contribution in [1.29, 1.82) is 0 Å². The number of nitrogens with zero attached hydrogens (tertiary/aromatic N) is 1. The summed E-state index contributed by atoms with van der Waals surface area (Å²) in [4.78, 5) is 52.4. The fraction of sp³-hybridized carbons (Fsp3) is 0.273. The normalized spacial score (nSPS) is 29.3. The van der Waals surface area contributed by atoms with Crippen LogP contribution in [-0.2, 0) is 24.7 Å². The van der Waals surface area contributed by atoms with Crippen LogP contribution < -0.4 is 20.6 Å². The first-order valence-electron chi connectivity index (χ1n) is 9.85. The zero-order valence-corrected chi connectivity index (χ0v) is 15.9. The van der Waals surface area contributed by atoms with Crippen LogP contribution in [0.5, 0.6) is 0 Å². The molecule has 3 aliphatic heterocycles. The third kappa shape index (κ3) is 2.37. The molecule has 5 rings (SSSR count). The minimum absolute atomic E-state index is 0.127. The molecule has 4 atom stereocenters. The number of hydrogen-bond donors (Lipinski definition) is 2. The molecule has 1 spiro atoms. The van der Waals surface area contributed by atoms with Crippen LogP contribution in [0.3, 0.4) is 0 Å². The van der Waals surface area contributed by atoms with E-state index in [4.69, 9.17) is 0 Å². The highest BCUT2D eigenvalue weighted by atomic mass is 16.4. The number of carboxylic acids is 1. The molecule has 0 aromatic heterocycles. The Morgan fingerprint density at radius 2 is 1.73 bits per heavy atom. The molecule has 0 bridgehead atoms. The number of aliphatic carboxylic acids is 1. The number of fused-ring (bicyclic) bond motifs is 4. The van der Waals surface area contributed by atoms with Crippen molar-refractivity contribution < 1.29 is 29.6 Å². The Morgan fingerprint density at radius 3 is 2.47 bits per heavy atom. The summed E-state index contributed by atoms with van der Waals surface area (Å²) in [5, 5.41) is 15.7. The maximum Gasteiger partial charge on any atom is 0.291 e. The number of anilines is 2. The number of quaternary nitrogens is 1. The van der Waals surface area contributed by atoms with E-state index in [2.05, 4.69) is 5.32 Å². The van der Waals surface area contributed by atoms with Gasteiger partial charge in [0.2, 0.25) is 17.4 Å². The summed E-state index contributed by atoms with van der Waals surface area (Å²) in [7, 11) is 0. The van der Waals surface area contributed by atoms with Crippen molar-refractivity contribution in [3.63, 3.8) is 0 Å². The molecule has 8 nitrogen and oxygen atoms in total. The van der Waals surface area contributed by atoms with Crippen molar-refractivity contribution >= 4 is 35.1 Å². The van der Waals surface area contributed by atoms with Gasteiger partial charge in [-0.15, -0.1) is 0 Å². The number of benzene rings is 2. The van der Waals surface area contributed by atoms with Crippen LogP contribution >= 0.6 is 0 Å². The molecule has 0 radical (unpaired) electrons. The third-order valence-corrected chi connectivity index (χ3v) is 6.47. The van der Waals surface area contributed by atoms with Crippen LogP contribution in [0.4, 0.5) is 11.4 Å². The van der Waals surface area contributed by atoms with Gasteiger partial charge in [-0.05, 0) is 24.6 Å². The fourth-order valence-corrected chi connectivity index (χ4v) is 5.30. The molecule has 2 fully saturated rings. The van der Waals surface area contributed by atoms with Gasteiger partial charge in [0.15, 0.2) is 0 Å². The molecule has 0 unspecified atom stereocenters. The highest BCUT2D eigenvalue weighted by Gasteiger charge is 2.74. The summed E-state index contributed by atoms with van der Waals surface area (Å²) in [6, 6.07) is 15.2. The molecule has 152 valence electrons. The molecule has 3 N–H and O–H groups in total. The smallest absolute Gasteiger partial charge is 0.291 e. The second-order valence-corrected chi connectivity index (χ2v) is 7.96. The Morgan fingerprint density at radius 1 is 1.03 bits per heavy atom. The third-order valence-electron chi connectivity index (χ3n) is 6.47. The molecule has 2 saturated heterocycles. The zero-order valence-electron chi connectivity index (χ0n) is 15.9. The number of para-hydroxylation sites is 2. The predicted octanol–water partition coefficient (Wildman–Crippen LogP) is -0.884. The Hall–Kier alpha value is -3.52. The average molecular weight is 405 g/mol. The molecule has 0 saturated carbocycles. The van der Waals surface area contributed by atoms with Crippen LogP contribution in [0.15, 0.2) is 54.6 Å².